The van der Waals surface area contributed by atoms with Crippen LogP contribution in [0.2, 0.25) is 0 Å². The Balaban J connectivity index is 1.67. The first-order valence-corrected chi connectivity index (χ1v) is 7.16. The van der Waals surface area contributed by atoms with Gasteiger partial charge in [0.25, 0.3) is 5.91 Å². The molecule has 2 atom stereocenters. The first kappa shape index (κ1) is 13.3. The number of carbonyl (C=O) groups is 1. The molecule has 1 amide bonds. The van der Waals surface area contributed by atoms with Gasteiger partial charge in [0, 0.05) is 30.5 Å². The number of hydrogen-bond acceptors (Lipinski definition) is 5. The van der Waals surface area contributed by atoms with Gasteiger partial charge in [-0.3, -0.25) is 4.79 Å². The average molecular weight is 276 g/mol. The molecule has 0 saturated heterocycles. The molecule has 2 aliphatic rings. The maximum Gasteiger partial charge on any atom is 0.273 e. The van der Waals surface area contributed by atoms with Crippen LogP contribution in [0.4, 0.5) is 5.82 Å². The quantitative estimate of drug-likeness (QED) is 0.860. The van der Waals surface area contributed by atoms with E-state index >= 15 is 0 Å². The number of nitrogens with one attached hydrogen (secondary N) is 1. The van der Waals surface area contributed by atoms with E-state index in [4.69, 9.17) is 10.5 Å². The van der Waals surface area contributed by atoms with Crippen molar-refractivity contribution in [3.63, 3.8) is 0 Å². The summed E-state index contributed by atoms with van der Waals surface area (Å²) in [5.74, 6) is -0.0600. The molecule has 1 spiro atoms. The highest BCUT2D eigenvalue weighted by molar-refractivity contribution is 5.96. The third kappa shape index (κ3) is 1.95. The molecule has 1 aromatic rings. The predicted octanol–water partition coefficient (Wildman–Crippen LogP) is 1.14. The van der Waals surface area contributed by atoms with Crippen molar-refractivity contribution in [1.82, 2.24) is 15.3 Å². The molecule has 3 rings (SSSR count). The minimum Gasteiger partial charge on any atom is -0.382 e. The highest BCUT2D eigenvalue weighted by atomic mass is 16.5. The normalized spacial score (nSPS) is 26.6. The van der Waals surface area contributed by atoms with Gasteiger partial charge >= 0.3 is 0 Å². The molecule has 6 nitrogen and oxygen atoms in total. The fourth-order valence-electron chi connectivity index (χ4n) is 3.39. The van der Waals surface area contributed by atoms with Crippen LogP contribution in [0.25, 0.3) is 0 Å². The molecule has 6 heteroatoms. The Morgan fingerprint density at radius 2 is 2.25 bits per heavy atom. The summed E-state index contributed by atoms with van der Waals surface area (Å²) in [6.45, 7) is 2.74. The number of ether oxygens (including phenoxy) is 1. The molecule has 2 aliphatic carbocycles. The molecule has 2 fully saturated rings. The van der Waals surface area contributed by atoms with Crippen molar-refractivity contribution in [3.8, 4) is 0 Å². The number of amides is 1. The first-order valence-electron chi connectivity index (χ1n) is 7.16. The molecule has 0 bridgehead atoms. The van der Waals surface area contributed by atoms with Crippen LogP contribution in [-0.2, 0) is 4.74 Å². The van der Waals surface area contributed by atoms with E-state index in [1.807, 2.05) is 6.92 Å². The van der Waals surface area contributed by atoms with Crippen LogP contribution in [0.1, 0.15) is 43.1 Å². The van der Waals surface area contributed by atoms with Gasteiger partial charge in [0.15, 0.2) is 11.5 Å². The zero-order valence-corrected chi connectivity index (χ0v) is 11.6. The van der Waals surface area contributed by atoms with E-state index in [-0.39, 0.29) is 35.0 Å². The standard InChI is InChI=1S/C14H20N4O2/c1-2-20-10-8-9(14(10)4-3-5-14)18-13(19)11-12(15)17-7-6-16-11/h6-7,9-10H,2-5,8H2,1H3,(H2,15,17)(H,18,19)/t9-,10+/m0/s1. The summed E-state index contributed by atoms with van der Waals surface area (Å²) in [5.41, 5.74) is 6.04. The second-order valence-corrected chi connectivity index (χ2v) is 5.58. The van der Waals surface area contributed by atoms with Crippen molar-refractivity contribution < 1.29 is 9.53 Å². The zero-order valence-electron chi connectivity index (χ0n) is 11.6. The lowest BCUT2D eigenvalue weighted by Gasteiger charge is -2.60. The van der Waals surface area contributed by atoms with Crippen molar-refractivity contribution in [2.75, 3.05) is 12.3 Å². The molecule has 3 N–H and O–H groups in total. The van der Waals surface area contributed by atoms with Crippen LogP contribution in [-0.4, -0.2) is 34.6 Å². The Morgan fingerprint density at radius 1 is 1.50 bits per heavy atom. The fourth-order valence-corrected chi connectivity index (χ4v) is 3.39. The van der Waals surface area contributed by atoms with E-state index in [1.54, 1.807) is 0 Å². The Bertz CT molecular complexity index is 516. The summed E-state index contributed by atoms with van der Waals surface area (Å²) in [7, 11) is 0. The van der Waals surface area contributed by atoms with Gasteiger partial charge < -0.3 is 15.8 Å². The number of rotatable bonds is 4. The second kappa shape index (κ2) is 5.01. The van der Waals surface area contributed by atoms with Crippen LogP contribution < -0.4 is 11.1 Å². The minimum atomic E-state index is -0.234. The molecule has 2 saturated carbocycles. The third-order valence-electron chi connectivity index (χ3n) is 4.68. The number of anilines is 1. The molecule has 0 aliphatic heterocycles. The van der Waals surface area contributed by atoms with Crippen LogP contribution in [0, 0.1) is 5.41 Å². The van der Waals surface area contributed by atoms with Gasteiger partial charge in [-0.1, -0.05) is 6.42 Å². The molecule has 0 unspecified atom stereocenters. The smallest absolute Gasteiger partial charge is 0.273 e. The van der Waals surface area contributed by atoms with Gasteiger partial charge in [-0.25, -0.2) is 9.97 Å². The molecule has 1 heterocycles. The van der Waals surface area contributed by atoms with Gasteiger partial charge in [-0.05, 0) is 26.2 Å². The first-order chi connectivity index (χ1) is 9.67. The topological polar surface area (TPSA) is 90.1 Å². The van der Waals surface area contributed by atoms with E-state index in [1.165, 1.54) is 18.8 Å². The summed E-state index contributed by atoms with van der Waals surface area (Å²) < 4.78 is 5.77. The van der Waals surface area contributed by atoms with Crippen LogP contribution in [0.3, 0.4) is 0 Å². The Hall–Kier alpha value is -1.69. The van der Waals surface area contributed by atoms with E-state index < -0.39 is 0 Å². The summed E-state index contributed by atoms with van der Waals surface area (Å²) in [4.78, 5) is 20.1. The number of nitrogens with two attached hydrogens (primary N) is 1. The monoisotopic (exact) mass is 276 g/mol. The Labute approximate surface area is 118 Å². The number of aromatic nitrogens is 2. The summed E-state index contributed by atoms with van der Waals surface area (Å²) >= 11 is 0. The summed E-state index contributed by atoms with van der Waals surface area (Å²) in [6.07, 6.45) is 7.58. The fraction of sp³-hybridized carbons (Fsp3) is 0.643. The molecule has 1 aromatic heterocycles. The summed E-state index contributed by atoms with van der Waals surface area (Å²) in [5, 5.41) is 3.05. The minimum absolute atomic E-state index is 0.142. The van der Waals surface area contributed by atoms with Crippen molar-refractivity contribution >= 4 is 11.7 Å². The maximum atomic E-state index is 12.2. The Kier molecular flexibility index (Phi) is 3.33. The number of nitrogen functional groups attached to an aromatic ring is 1. The van der Waals surface area contributed by atoms with Gasteiger partial charge in [-0.2, -0.15) is 0 Å². The third-order valence-corrected chi connectivity index (χ3v) is 4.68. The predicted molar refractivity (Wildman–Crippen MR) is 74.0 cm³/mol. The SMILES string of the molecule is CCO[C@@H]1C[C@H](NC(=O)c2nccnc2N)C12CCC2. The van der Waals surface area contributed by atoms with Crippen molar-refractivity contribution in [1.29, 1.82) is 0 Å². The highest BCUT2D eigenvalue weighted by Crippen LogP contribution is 2.57. The van der Waals surface area contributed by atoms with E-state index in [0.29, 0.717) is 0 Å². The number of nitrogens with zero attached hydrogens (tertiary/aromatic N) is 2. The summed E-state index contributed by atoms with van der Waals surface area (Å²) in [6, 6.07) is 0.168. The molecular weight excluding hydrogens is 256 g/mol. The average Bonchev–Trinajstić information content (AvgIpc) is 2.35. The van der Waals surface area contributed by atoms with Crippen molar-refractivity contribution in [2.45, 2.75) is 44.8 Å². The second-order valence-electron chi connectivity index (χ2n) is 5.58. The largest absolute Gasteiger partial charge is 0.382 e. The molecule has 0 aromatic carbocycles. The molecular formula is C14H20N4O2. The van der Waals surface area contributed by atoms with Gasteiger partial charge in [0.2, 0.25) is 0 Å². The van der Waals surface area contributed by atoms with Crippen LogP contribution in [0.15, 0.2) is 12.4 Å². The maximum absolute atomic E-state index is 12.2. The zero-order chi connectivity index (χ0) is 14.2. The lowest BCUT2D eigenvalue weighted by molar-refractivity contribution is -0.169. The van der Waals surface area contributed by atoms with Crippen molar-refractivity contribution in [2.24, 2.45) is 5.41 Å². The van der Waals surface area contributed by atoms with Gasteiger partial charge in [-0.15, -0.1) is 0 Å². The number of hydrogen-bond donors (Lipinski definition) is 2. The van der Waals surface area contributed by atoms with E-state index in [0.717, 1.165) is 25.9 Å². The molecule has 0 radical (unpaired) electrons. The molecule has 20 heavy (non-hydrogen) atoms. The van der Waals surface area contributed by atoms with Crippen LogP contribution >= 0.6 is 0 Å². The number of carbonyl (C=O) groups excluding carboxylic acids is 1. The van der Waals surface area contributed by atoms with E-state index in [9.17, 15) is 4.79 Å². The van der Waals surface area contributed by atoms with Crippen molar-refractivity contribution in [3.05, 3.63) is 18.1 Å². The van der Waals surface area contributed by atoms with E-state index in [2.05, 4.69) is 15.3 Å². The highest BCUT2D eigenvalue weighted by Gasteiger charge is 2.59. The lowest BCUT2D eigenvalue weighted by Crippen LogP contribution is -2.67. The van der Waals surface area contributed by atoms with Gasteiger partial charge in [0.05, 0.1) is 6.10 Å². The van der Waals surface area contributed by atoms with Gasteiger partial charge in [0.1, 0.15) is 0 Å². The lowest BCUT2D eigenvalue weighted by atomic mass is 9.51. The molecule has 108 valence electrons. The Morgan fingerprint density at radius 3 is 2.85 bits per heavy atom. The van der Waals surface area contributed by atoms with Crippen LogP contribution in [0.5, 0.6) is 0 Å².